The Morgan fingerprint density at radius 2 is 1.86 bits per heavy atom. The fourth-order valence-corrected chi connectivity index (χ4v) is 3.51. The molecule has 7 nitrogen and oxygen atoms in total. The van der Waals surface area contributed by atoms with E-state index in [1.165, 1.54) is 4.90 Å². The largest absolute Gasteiger partial charge is 0.480 e. The molecule has 2 aromatic rings. The van der Waals surface area contributed by atoms with E-state index in [0.717, 1.165) is 24.2 Å². The molecule has 0 aliphatic heterocycles. The Hall–Kier alpha value is -2.44. The smallest absolute Gasteiger partial charge is 0.326 e. The van der Waals surface area contributed by atoms with Crippen molar-refractivity contribution in [1.29, 1.82) is 0 Å². The maximum atomic E-state index is 13.6. The van der Waals surface area contributed by atoms with E-state index in [0.29, 0.717) is 16.6 Å². The van der Waals surface area contributed by atoms with Gasteiger partial charge >= 0.3 is 5.97 Å². The first-order valence-corrected chi connectivity index (χ1v) is 9.89. The molecule has 0 bridgehead atoms. The molecule has 28 heavy (non-hydrogen) atoms. The van der Waals surface area contributed by atoms with Gasteiger partial charge in [0, 0.05) is 11.7 Å². The fraction of sp³-hybridized carbons (Fsp3) is 0.619. The Morgan fingerprint density at radius 3 is 2.32 bits per heavy atom. The predicted molar refractivity (Wildman–Crippen MR) is 108 cm³/mol. The molecule has 2 heterocycles. The summed E-state index contributed by atoms with van der Waals surface area (Å²) in [5, 5.41) is 14.9. The molecule has 0 aromatic carbocycles. The minimum atomic E-state index is -0.989. The molecule has 1 aliphatic rings. The number of hydrogen-bond donors (Lipinski definition) is 1. The van der Waals surface area contributed by atoms with Crippen LogP contribution in [0, 0.1) is 6.92 Å². The van der Waals surface area contributed by atoms with E-state index in [2.05, 4.69) is 5.10 Å². The Morgan fingerprint density at radius 1 is 1.25 bits per heavy atom. The molecule has 2 aromatic heterocycles. The van der Waals surface area contributed by atoms with E-state index >= 15 is 0 Å². The van der Waals surface area contributed by atoms with Crippen LogP contribution in [0.5, 0.6) is 0 Å². The van der Waals surface area contributed by atoms with Crippen LogP contribution in [0.3, 0.4) is 0 Å². The topological polar surface area (TPSA) is 88.3 Å². The van der Waals surface area contributed by atoms with Crippen LogP contribution in [0.2, 0.25) is 0 Å². The van der Waals surface area contributed by atoms with Crippen LogP contribution in [-0.4, -0.2) is 48.7 Å². The van der Waals surface area contributed by atoms with Crippen molar-refractivity contribution in [3.8, 4) is 0 Å². The number of carbonyl (C=O) groups excluding carboxylic acids is 1. The number of carboxylic acid groups (broad SMARTS) is 1. The van der Waals surface area contributed by atoms with Gasteiger partial charge in [0.05, 0.1) is 22.2 Å². The first-order valence-electron chi connectivity index (χ1n) is 9.89. The number of fused-ring (bicyclic) bond motifs is 1. The van der Waals surface area contributed by atoms with Crippen molar-refractivity contribution in [3.63, 3.8) is 0 Å². The lowest BCUT2D eigenvalue weighted by Crippen LogP contribution is -2.44. The molecule has 1 atom stereocenters. The Bertz CT molecular complexity index is 935. The highest BCUT2D eigenvalue weighted by atomic mass is 16.4. The molecule has 3 rings (SSSR count). The van der Waals surface area contributed by atoms with E-state index in [1.807, 2.05) is 52.3 Å². The summed E-state index contributed by atoms with van der Waals surface area (Å²) in [4.78, 5) is 31.5. The van der Waals surface area contributed by atoms with E-state index in [4.69, 9.17) is 4.98 Å². The Kier molecular flexibility index (Phi) is 4.98. The Labute approximate surface area is 165 Å². The lowest BCUT2D eigenvalue weighted by Gasteiger charge is -2.27. The van der Waals surface area contributed by atoms with Crippen LogP contribution in [-0.2, 0) is 10.3 Å². The van der Waals surface area contributed by atoms with Gasteiger partial charge < -0.3 is 10.0 Å². The van der Waals surface area contributed by atoms with Crippen LogP contribution in [0.15, 0.2) is 6.07 Å². The summed E-state index contributed by atoms with van der Waals surface area (Å²) >= 11 is 0. The van der Waals surface area contributed by atoms with Crippen LogP contribution in [0.4, 0.5) is 0 Å². The van der Waals surface area contributed by atoms with Gasteiger partial charge in [0.1, 0.15) is 6.04 Å². The zero-order chi connectivity index (χ0) is 21.0. The molecule has 1 unspecified atom stereocenters. The standard InChI is InChI=1S/C21H30N4O3/c1-11(2)16-10-15(19(26)24(14-8-9-14)13(4)20(27)28)17-12(3)23-25(18(17)22-16)21(5,6)7/h10-11,13-14H,8-9H2,1-7H3,(H,27,28). The molecule has 7 heteroatoms. The third-order valence-electron chi connectivity index (χ3n) is 5.24. The second-order valence-electron chi connectivity index (χ2n) is 9.07. The van der Waals surface area contributed by atoms with Gasteiger partial charge in [-0.3, -0.25) is 4.79 Å². The second-order valence-corrected chi connectivity index (χ2v) is 9.07. The molecule has 1 amide bonds. The summed E-state index contributed by atoms with van der Waals surface area (Å²) in [5.41, 5.74) is 2.43. The van der Waals surface area contributed by atoms with Gasteiger partial charge in [-0.15, -0.1) is 0 Å². The van der Waals surface area contributed by atoms with E-state index < -0.39 is 12.0 Å². The summed E-state index contributed by atoms with van der Waals surface area (Å²) in [7, 11) is 0. The number of aliphatic carboxylic acids is 1. The van der Waals surface area contributed by atoms with Crippen molar-refractivity contribution < 1.29 is 14.7 Å². The van der Waals surface area contributed by atoms with E-state index in [9.17, 15) is 14.7 Å². The van der Waals surface area contributed by atoms with Crippen molar-refractivity contribution in [1.82, 2.24) is 19.7 Å². The van der Waals surface area contributed by atoms with Gasteiger partial charge in [0.15, 0.2) is 5.65 Å². The number of pyridine rings is 1. The molecule has 1 aliphatic carbocycles. The van der Waals surface area contributed by atoms with Gasteiger partial charge in [0.2, 0.25) is 0 Å². The van der Waals surface area contributed by atoms with Gasteiger partial charge in [-0.2, -0.15) is 5.10 Å². The second kappa shape index (κ2) is 6.87. The Balaban J connectivity index is 2.25. The number of carbonyl (C=O) groups is 2. The van der Waals surface area contributed by atoms with Gasteiger partial charge in [-0.25, -0.2) is 14.5 Å². The molecule has 1 saturated carbocycles. The number of rotatable bonds is 5. The molecule has 152 valence electrons. The highest BCUT2D eigenvalue weighted by Crippen LogP contribution is 2.34. The maximum absolute atomic E-state index is 13.6. The van der Waals surface area contributed by atoms with E-state index in [1.54, 1.807) is 6.92 Å². The number of aromatic nitrogens is 3. The molecule has 0 spiro atoms. The summed E-state index contributed by atoms with van der Waals surface area (Å²) in [6.45, 7) is 13.7. The lowest BCUT2D eigenvalue weighted by atomic mass is 10.0. The van der Waals surface area contributed by atoms with Gasteiger partial charge in [-0.05, 0) is 59.4 Å². The van der Waals surface area contributed by atoms with Crippen molar-refractivity contribution in [2.45, 2.75) is 84.8 Å². The first kappa shape index (κ1) is 20.3. The quantitative estimate of drug-likeness (QED) is 0.846. The number of nitrogens with zero attached hydrogens (tertiary/aromatic N) is 4. The van der Waals surface area contributed by atoms with Gasteiger partial charge in [0.25, 0.3) is 5.91 Å². The minimum Gasteiger partial charge on any atom is -0.480 e. The normalized spacial score (nSPS) is 15.9. The number of hydrogen-bond acceptors (Lipinski definition) is 4. The van der Waals surface area contributed by atoms with Crippen molar-refractivity contribution in [3.05, 3.63) is 23.0 Å². The number of amides is 1. The SMILES string of the molecule is Cc1nn(C(C)(C)C)c2nc(C(C)C)cc(C(=O)N(C3CC3)C(C)C(=O)O)c12. The fourth-order valence-electron chi connectivity index (χ4n) is 3.51. The minimum absolute atomic E-state index is 0.0118. The summed E-state index contributed by atoms with van der Waals surface area (Å²) in [5.74, 6) is -1.11. The third kappa shape index (κ3) is 3.50. The molecule has 0 radical (unpaired) electrons. The van der Waals surface area contributed by atoms with Crippen molar-refractivity contribution in [2.24, 2.45) is 0 Å². The maximum Gasteiger partial charge on any atom is 0.326 e. The van der Waals surface area contributed by atoms with Crippen LogP contribution in [0.25, 0.3) is 11.0 Å². The predicted octanol–water partition coefficient (Wildman–Crippen LogP) is 3.70. The molecule has 1 N–H and O–H groups in total. The number of aryl methyl sites for hydroxylation is 1. The molecular formula is C21H30N4O3. The molecule has 1 fully saturated rings. The van der Waals surface area contributed by atoms with Crippen molar-refractivity contribution >= 4 is 22.9 Å². The summed E-state index contributed by atoms with van der Waals surface area (Å²) < 4.78 is 1.86. The molecule has 0 saturated heterocycles. The average molecular weight is 386 g/mol. The first-order chi connectivity index (χ1) is 12.9. The summed E-state index contributed by atoms with van der Waals surface area (Å²) in [6, 6.07) is 0.937. The zero-order valence-electron chi connectivity index (χ0n) is 17.8. The van der Waals surface area contributed by atoms with Crippen LogP contribution in [0.1, 0.15) is 82.0 Å². The van der Waals surface area contributed by atoms with Crippen molar-refractivity contribution in [2.75, 3.05) is 0 Å². The van der Waals surface area contributed by atoms with Gasteiger partial charge in [-0.1, -0.05) is 13.8 Å². The number of carboxylic acids is 1. The highest BCUT2D eigenvalue weighted by Gasteiger charge is 2.40. The highest BCUT2D eigenvalue weighted by molar-refractivity contribution is 6.07. The van der Waals surface area contributed by atoms with Crippen LogP contribution < -0.4 is 0 Å². The monoisotopic (exact) mass is 386 g/mol. The average Bonchev–Trinajstić information content (AvgIpc) is 3.36. The summed E-state index contributed by atoms with van der Waals surface area (Å²) in [6.07, 6.45) is 1.68. The third-order valence-corrected chi connectivity index (χ3v) is 5.24. The lowest BCUT2D eigenvalue weighted by molar-refractivity contribution is -0.141. The zero-order valence-corrected chi connectivity index (χ0v) is 17.8. The van der Waals surface area contributed by atoms with E-state index in [-0.39, 0.29) is 23.4 Å². The molecular weight excluding hydrogens is 356 g/mol. The van der Waals surface area contributed by atoms with Crippen LogP contribution >= 0.6 is 0 Å².